The molecule has 6 heteroatoms. The smallest absolute Gasteiger partial charge is 0.173 e. The van der Waals surface area contributed by atoms with Crippen LogP contribution in [-0.4, -0.2) is 20.4 Å². The van der Waals surface area contributed by atoms with Crippen LogP contribution in [0, 0.1) is 18.3 Å². The molecule has 0 atom stereocenters. The molecule has 0 N–H and O–H groups in total. The summed E-state index contributed by atoms with van der Waals surface area (Å²) in [6, 6.07) is 9.71. The minimum Gasteiger partial charge on any atom is -0.294 e. The molecule has 0 spiro atoms. The van der Waals surface area contributed by atoms with E-state index >= 15 is 0 Å². The number of Topliss-reactive ketones (excluding diaryl/α,β-unsaturated/α-hetero) is 1. The maximum absolute atomic E-state index is 11.6. The molecule has 0 radical (unpaired) electrons. The Hall–Kier alpha value is -2.52. The molecule has 0 amide bonds. The molecule has 0 aliphatic heterocycles. The van der Waals surface area contributed by atoms with Gasteiger partial charge in [-0.15, -0.1) is 0 Å². The van der Waals surface area contributed by atoms with Crippen LogP contribution >= 0.6 is 15.9 Å². The summed E-state index contributed by atoms with van der Waals surface area (Å²) < 4.78 is 2.51. The summed E-state index contributed by atoms with van der Waals surface area (Å²) in [6.45, 7) is 3.28. The fourth-order valence-electron chi connectivity index (χ4n) is 2.35. The molecule has 0 unspecified atom stereocenters. The number of benzene rings is 1. The number of carbonyl (C=O) groups excluding carboxylic acids is 1. The summed E-state index contributed by atoms with van der Waals surface area (Å²) >= 11 is 3.38. The average molecular weight is 355 g/mol. The van der Waals surface area contributed by atoms with Crippen molar-refractivity contribution in [2.45, 2.75) is 13.8 Å². The maximum Gasteiger partial charge on any atom is 0.173 e. The third kappa shape index (κ3) is 2.20. The Balaban J connectivity index is 2.32. The summed E-state index contributed by atoms with van der Waals surface area (Å²) in [4.78, 5) is 15.9. The quantitative estimate of drug-likeness (QED) is 0.659. The SMILES string of the molecule is CC(=O)c1cnc2c(C#N)c(-c3ccc(Br)cc3)nn2c1C. The maximum atomic E-state index is 11.6. The number of nitriles is 1. The van der Waals surface area contributed by atoms with Gasteiger partial charge in [0.1, 0.15) is 17.3 Å². The molecule has 0 saturated heterocycles. The topological polar surface area (TPSA) is 71.0 Å². The molecule has 0 aliphatic carbocycles. The second-order valence-electron chi connectivity index (χ2n) is 4.89. The highest BCUT2D eigenvalue weighted by molar-refractivity contribution is 9.10. The van der Waals surface area contributed by atoms with Crippen molar-refractivity contribution in [3.8, 4) is 17.3 Å². The van der Waals surface area contributed by atoms with Crippen LogP contribution in [-0.2, 0) is 0 Å². The van der Waals surface area contributed by atoms with E-state index in [1.54, 1.807) is 11.4 Å². The Morgan fingerprint density at radius 1 is 1.32 bits per heavy atom. The molecule has 108 valence electrons. The monoisotopic (exact) mass is 354 g/mol. The zero-order valence-electron chi connectivity index (χ0n) is 12.0. The molecule has 0 saturated carbocycles. The number of halogens is 1. The van der Waals surface area contributed by atoms with E-state index in [-0.39, 0.29) is 5.78 Å². The van der Waals surface area contributed by atoms with Crippen LogP contribution in [0.15, 0.2) is 34.9 Å². The highest BCUT2D eigenvalue weighted by Gasteiger charge is 2.18. The molecule has 0 fully saturated rings. The van der Waals surface area contributed by atoms with E-state index in [0.717, 1.165) is 10.0 Å². The van der Waals surface area contributed by atoms with E-state index < -0.39 is 0 Å². The van der Waals surface area contributed by atoms with Gasteiger partial charge in [-0.05, 0) is 26.0 Å². The van der Waals surface area contributed by atoms with E-state index in [0.29, 0.717) is 28.2 Å². The number of ketones is 1. The lowest BCUT2D eigenvalue weighted by Crippen LogP contribution is -2.05. The van der Waals surface area contributed by atoms with Gasteiger partial charge in [0, 0.05) is 16.2 Å². The van der Waals surface area contributed by atoms with Crippen LogP contribution in [0.5, 0.6) is 0 Å². The predicted molar refractivity (Wildman–Crippen MR) is 85.6 cm³/mol. The fourth-order valence-corrected chi connectivity index (χ4v) is 2.62. The number of hydrogen-bond acceptors (Lipinski definition) is 4. The van der Waals surface area contributed by atoms with Gasteiger partial charge in [0.15, 0.2) is 11.4 Å². The van der Waals surface area contributed by atoms with Crippen molar-refractivity contribution in [3.05, 3.63) is 51.8 Å². The Morgan fingerprint density at radius 3 is 2.59 bits per heavy atom. The van der Waals surface area contributed by atoms with E-state index in [2.05, 4.69) is 32.1 Å². The molecular formula is C16H11BrN4O. The number of rotatable bonds is 2. The Morgan fingerprint density at radius 2 is 2.00 bits per heavy atom. The van der Waals surface area contributed by atoms with Crippen molar-refractivity contribution in [3.63, 3.8) is 0 Å². The minimum absolute atomic E-state index is 0.0777. The van der Waals surface area contributed by atoms with Crippen molar-refractivity contribution >= 4 is 27.4 Å². The predicted octanol–water partition coefficient (Wildman–Crippen LogP) is 3.54. The Bertz CT molecular complexity index is 935. The number of fused-ring (bicyclic) bond motifs is 1. The highest BCUT2D eigenvalue weighted by Crippen LogP contribution is 2.27. The lowest BCUT2D eigenvalue weighted by atomic mass is 10.1. The van der Waals surface area contributed by atoms with Crippen molar-refractivity contribution in [2.75, 3.05) is 0 Å². The second kappa shape index (κ2) is 5.35. The summed E-state index contributed by atoms with van der Waals surface area (Å²) in [7, 11) is 0. The third-order valence-corrected chi connectivity index (χ3v) is 4.02. The molecule has 22 heavy (non-hydrogen) atoms. The number of aryl methyl sites for hydroxylation is 1. The molecule has 2 aromatic heterocycles. The molecule has 3 rings (SSSR count). The third-order valence-electron chi connectivity index (χ3n) is 3.49. The molecular weight excluding hydrogens is 344 g/mol. The van der Waals surface area contributed by atoms with Gasteiger partial charge >= 0.3 is 0 Å². The molecule has 0 bridgehead atoms. The average Bonchev–Trinajstić information content (AvgIpc) is 2.87. The van der Waals surface area contributed by atoms with Gasteiger partial charge in [-0.3, -0.25) is 4.79 Å². The van der Waals surface area contributed by atoms with Crippen LogP contribution in [0.1, 0.15) is 28.5 Å². The second-order valence-corrected chi connectivity index (χ2v) is 5.81. The van der Waals surface area contributed by atoms with Gasteiger partial charge in [0.25, 0.3) is 0 Å². The first kappa shape index (κ1) is 14.4. The van der Waals surface area contributed by atoms with Crippen LogP contribution in [0.2, 0.25) is 0 Å². The Labute approximate surface area is 135 Å². The lowest BCUT2D eigenvalue weighted by Gasteiger charge is -2.03. The van der Waals surface area contributed by atoms with Crippen LogP contribution < -0.4 is 0 Å². The number of aromatic nitrogens is 3. The lowest BCUT2D eigenvalue weighted by molar-refractivity contribution is 0.101. The molecule has 5 nitrogen and oxygen atoms in total. The van der Waals surface area contributed by atoms with E-state index in [9.17, 15) is 10.1 Å². The molecule has 2 heterocycles. The molecule has 1 aromatic carbocycles. The van der Waals surface area contributed by atoms with Gasteiger partial charge in [-0.2, -0.15) is 10.4 Å². The first-order valence-corrected chi connectivity index (χ1v) is 7.37. The molecule has 3 aromatic rings. The number of carbonyl (C=O) groups is 1. The molecule has 0 aliphatic rings. The van der Waals surface area contributed by atoms with Gasteiger partial charge < -0.3 is 0 Å². The van der Waals surface area contributed by atoms with Crippen LogP contribution in [0.25, 0.3) is 16.9 Å². The van der Waals surface area contributed by atoms with Gasteiger partial charge in [0.05, 0.1) is 11.3 Å². The summed E-state index contributed by atoms with van der Waals surface area (Å²) in [6.07, 6.45) is 1.50. The first-order valence-electron chi connectivity index (χ1n) is 6.58. The van der Waals surface area contributed by atoms with Crippen molar-refractivity contribution < 1.29 is 4.79 Å². The van der Waals surface area contributed by atoms with E-state index in [1.165, 1.54) is 13.1 Å². The Kier molecular flexibility index (Phi) is 3.51. The van der Waals surface area contributed by atoms with Gasteiger partial charge in [-0.1, -0.05) is 28.1 Å². The summed E-state index contributed by atoms with van der Waals surface area (Å²) in [5.41, 5.74) is 3.43. The minimum atomic E-state index is -0.0777. The van der Waals surface area contributed by atoms with Gasteiger partial charge in [0.2, 0.25) is 0 Å². The van der Waals surface area contributed by atoms with E-state index in [1.807, 2.05) is 24.3 Å². The zero-order valence-corrected chi connectivity index (χ0v) is 13.5. The zero-order chi connectivity index (χ0) is 15.9. The van der Waals surface area contributed by atoms with E-state index in [4.69, 9.17) is 0 Å². The normalized spacial score (nSPS) is 10.6. The fraction of sp³-hybridized carbons (Fsp3) is 0.125. The summed E-state index contributed by atoms with van der Waals surface area (Å²) in [5, 5.41) is 14.0. The highest BCUT2D eigenvalue weighted by atomic mass is 79.9. The van der Waals surface area contributed by atoms with Crippen molar-refractivity contribution in [2.24, 2.45) is 0 Å². The van der Waals surface area contributed by atoms with Crippen LogP contribution in [0.4, 0.5) is 0 Å². The number of nitrogens with zero attached hydrogens (tertiary/aromatic N) is 4. The van der Waals surface area contributed by atoms with Crippen molar-refractivity contribution in [1.82, 2.24) is 14.6 Å². The van der Waals surface area contributed by atoms with Crippen LogP contribution in [0.3, 0.4) is 0 Å². The standard InChI is InChI=1S/C16H11BrN4O/c1-9-14(10(2)22)8-19-16-13(7-18)15(20-21(9)16)11-3-5-12(17)6-4-11/h3-6,8H,1-2H3. The first-order chi connectivity index (χ1) is 10.5. The number of hydrogen-bond donors (Lipinski definition) is 0. The summed E-state index contributed by atoms with van der Waals surface area (Å²) in [5.74, 6) is -0.0777. The van der Waals surface area contributed by atoms with Crippen molar-refractivity contribution in [1.29, 1.82) is 5.26 Å². The van der Waals surface area contributed by atoms with Gasteiger partial charge in [-0.25, -0.2) is 9.50 Å². The largest absolute Gasteiger partial charge is 0.294 e.